The van der Waals surface area contributed by atoms with Gasteiger partial charge in [0.25, 0.3) is 5.91 Å². The molecule has 6 heteroatoms. The van der Waals surface area contributed by atoms with Crippen molar-refractivity contribution in [3.05, 3.63) is 71.6 Å². The number of oxazole rings is 1. The number of allylic oxidation sites excluding steroid dienone is 4. The van der Waals surface area contributed by atoms with Gasteiger partial charge in [-0.25, -0.2) is 4.98 Å². The number of carbonyl (C=O) groups excluding carboxylic acids is 1. The van der Waals surface area contributed by atoms with E-state index < -0.39 is 0 Å². The number of hydrogen-bond donors (Lipinski definition) is 0. The molecule has 3 aliphatic heterocycles. The van der Waals surface area contributed by atoms with E-state index >= 15 is 0 Å². The molecule has 0 aliphatic carbocycles. The first-order valence-electron chi connectivity index (χ1n) is 11.3. The van der Waals surface area contributed by atoms with Crippen molar-refractivity contribution in [3.63, 3.8) is 0 Å². The molecule has 6 nitrogen and oxygen atoms in total. The van der Waals surface area contributed by atoms with Gasteiger partial charge in [0.15, 0.2) is 11.5 Å². The van der Waals surface area contributed by atoms with E-state index in [9.17, 15) is 4.79 Å². The monoisotopic (exact) mass is 430 g/mol. The molecule has 2 unspecified atom stereocenters. The second-order valence-corrected chi connectivity index (χ2v) is 9.23. The maximum Gasteiger partial charge on any atom is 0.255 e. The standard InChI is InChI=1S/C26H30N4O2/c1-17-5-7-20-8-9-22(29-12-11-21(15-29)28(3)4)16-30(20)26(31)14-23(17)19-6-10-24-25(13-19)32-18(2)27-24/h6-10,13-14,16-17,21H,5,11-12,15H2,1-4H3. The summed E-state index contributed by atoms with van der Waals surface area (Å²) in [6, 6.07) is 6.55. The molecule has 1 aromatic carbocycles. The first kappa shape index (κ1) is 20.8. The summed E-state index contributed by atoms with van der Waals surface area (Å²) < 4.78 is 5.73. The quantitative estimate of drug-likeness (QED) is 0.726. The van der Waals surface area contributed by atoms with Crippen molar-refractivity contribution >= 4 is 22.6 Å². The lowest BCUT2D eigenvalue weighted by atomic mass is 9.89. The summed E-state index contributed by atoms with van der Waals surface area (Å²) in [5.41, 5.74) is 5.68. The minimum absolute atomic E-state index is 0.0168. The molecule has 1 saturated heterocycles. The fraction of sp³-hybridized carbons (Fsp3) is 0.385. The van der Waals surface area contributed by atoms with E-state index in [-0.39, 0.29) is 11.8 Å². The van der Waals surface area contributed by atoms with Crippen molar-refractivity contribution in [2.45, 2.75) is 32.7 Å². The molecule has 1 amide bonds. The van der Waals surface area contributed by atoms with Gasteiger partial charge < -0.3 is 14.2 Å². The van der Waals surface area contributed by atoms with Crippen LogP contribution < -0.4 is 0 Å². The van der Waals surface area contributed by atoms with Crippen LogP contribution in [0.25, 0.3) is 16.7 Å². The van der Waals surface area contributed by atoms with E-state index in [1.54, 1.807) is 11.0 Å². The highest BCUT2D eigenvalue weighted by atomic mass is 16.3. The lowest BCUT2D eigenvalue weighted by Gasteiger charge is -2.30. The van der Waals surface area contributed by atoms with Crippen LogP contribution in [-0.4, -0.2) is 58.8 Å². The van der Waals surface area contributed by atoms with Gasteiger partial charge in [-0.3, -0.25) is 9.69 Å². The van der Waals surface area contributed by atoms with Crippen molar-refractivity contribution in [3.8, 4) is 0 Å². The molecular weight excluding hydrogens is 400 g/mol. The highest BCUT2D eigenvalue weighted by Gasteiger charge is 2.28. The Balaban J connectivity index is 1.45. The summed E-state index contributed by atoms with van der Waals surface area (Å²) in [7, 11) is 4.26. The Bertz CT molecular complexity index is 1180. The zero-order valence-electron chi connectivity index (χ0n) is 19.2. The predicted molar refractivity (Wildman–Crippen MR) is 126 cm³/mol. The van der Waals surface area contributed by atoms with Crippen LogP contribution in [0.3, 0.4) is 0 Å². The van der Waals surface area contributed by atoms with E-state index in [4.69, 9.17) is 4.42 Å². The first-order chi connectivity index (χ1) is 15.4. The molecule has 166 valence electrons. The van der Waals surface area contributed by atoms with Crippen molar-refractivity contribution in [1.29, 1.82) is 0 Å². The normalized spacial score (nSPS) is 23.8. The summed E-state index contributed by atoms with van der Waals surface area (Å²) in [5, 5.41) is 0. The number of rotatable bonds is 3. The Labute approximate surface area is 189 Å². The number of carbonyl (C=O) groups is 1. The van der Waals surface area contributed by atoms with Gasteiger partial charge in [-0.1, -0.05) is 19.1 Å². The number of fused-ring (bicyclic) bond motifs is 2. The summed E-state index contributed by atoms with van der Waals surface area (Å²) in [6.45, 7) is 6.01. The van der Waals surface area contributed by atoms with Crippen LogP contribution in [0.4, 0.5) is 0 Å². The first-order valence-corrected chi connectivity index (χ1v) is 11.3. The number of nitrogens with zero attached hydrogens (tertiary/aromatic N) is 4. The fourth-order valence-corrected chi connectivity index (χ4v) is 4.80. The minimum atomic E-state index is -0.0168. The number of aromatic nitrogens is 1. The molecule has 0 bridgehead atoms. The highest BCUT2D eigenvalue weighted by Crippen LogP contribution is 2.33. The Hall–Kier alpha value is -3.12. The third-order valence-electron chi connectivity index (χ3n) is 6.78. The zero-order chi connectivity index (χ0) is 22.4. The van der Waals surface area contributed by atoms with Crippen LogP contribution in [-0.2, 0) is 4.79 Å². The highest BCUT2D eigenvalue weighted by molar-refractivity contribution is 5.98. The lowest BCUT2D eigenvalue weighted by Crippen LogP contribution is -2.33. The molecule has 1 fully saturated rings. The fourth-order valence-electron chi connectivity index (χ4n) is 4.80. The molecule has 32 heavy (non-hydrogen) atoms. The van der Waals surface area contributed by atoms with Crippen LogP contribution in [0.15, 0.2) is 64.5 Å². The summed E-state index contributed by atoms with van der Waals surface area (Å²) in [4.78, 5) is 24.2. The van der Waals surface area contributed by atoms with Gasteiger partial charge in [-0.05, 0) is 68.3 Å². The van der Waals surface area contributed by atoms with E-state index in [2.05, 4.69) is 54.0 Å². The van der Waals surface area contributed by atoms with E-state index in [1.165, 1.54) is 0 Å². The number of amides is 1. The maximum atomic E-state index is 13.4. The maximum absolute atomic E-state index is 13.4. The van der Waals surface area contributed by atoms with E-state index in [1.807, 2.05) is 31.3 Å². The van der Waals surface area contributed by atoms with Crippen molar-refractivity contribution in [1.82, 2.24) is 19.7 Å². The Kier molecular flexibility index (Phi) is 5.25. The average Bonchev–Trinajstić information content (AvgIpc) is 3.40. The molecule has 0 spiro atoms. The zero-order valence-corrected chi connectivity index (χ0v) is 19.2. The van der Waals surface area contributed by atoms with Gasteiger partial charge >= 0.3 is 0 Å². The van der Waals surface area contributed by atoms with Gasteiger partial charge in [-0.15, -0.1) is 0 Å². The Morgan fingerprint density at radius 2 is 2.00 bits per heavy atom. The molecule has 0 radical (unpaired) electrons. The van der Waals surface area contributed by atoms with Crippen molar-refractivity contribution in [2.24, 2.45) is 5.92 Å². The summed E-state index contributed by atoms with van der Waals surface area (Å²) >= 11 is 0. The van der Waals surface area contributed by atoms with Crippen LogP contribution in [0, 0.1) is 12.8 Å². The van der Waals surface area contributed by atoms with Gasteiger partial charge in [0.1, 0.15) is 5.52 Å². The van der Waals surface area contributed by atoms with Crippen LogP contribution in [0.1, 0.15) is 31.2 Å². The number of hydrogen-bond acceptors (Lipinski definition) is 5. The average molecular weight is 431 g/mol. The SMILES string of the molecule is Cc1nc2ccc(C3=CC(=O)N4C=C(N5CCC(N(C)C)C5)C=CC4=CCC3C)cc2o1. The van der Waals surface area contributed by atoms with E-state index in [0.717, 1.165) is 59.6 Å². The summed E-state index contributed by atoms with van der Waals surface area (Å²) in [6.07, 6.45) is 12.2. The second-order valence-electron chi connectivity index (χ2n) is 9.23. The third-order valence-corrected chi connectivity index (χ3v) is 6.78. The topological polar surface area (TPSA) is 52.8 Å². The van der Waals surface area contributed by atoms with Gasteiger partial charge in [0.2, 0.25) is 0 Å². The number of likely N-dealkylation sites (N-methyl/N-ethyl adjacent to an activating group) is 1. The van der Waals surface area contributed by atoms with Gasteiger partial charge in [-0.2, -0.15) is 0 Å². The molecule has 0 N–H and O–H groups in total. The molecule has 3 aliphatic rings. The van der Waals surface area contributed by atoms with Crippen LogP contribution >= 0.6 is 0 Å². The number of aryl methyl sites for hydroxylation is 1. The smallest absolute Gasteiger partial charge is 0.255 e. The van der Waals surface area contributed by atoms with Gasteiger partial charge in [0.05, 0.1) is 5.70 Å². The molecule has 4 heterocycles. The van der Waals surface area contributed by atoms with Crippen molar-refractivity contribution in [2.75, 3.05) is 27.2 Å². The van der Waals surface area contributed by atoms with Crippen LogP contribution in [0.5, 0.6) is 0 Å². The largest absolute Gasteiger partial charge is 0.441 e. The predicted octanol–water partition coefficient (Wildman–Crippen LogP) is 4.32. The van der Waals surface area contributed by atoms with Crippen LogP contribution in [0.2, 0.25) is 0 Å². The molecule has 2 aromatic rings. The molecule has 2 atom stereocenters. The second kappa shape index (κ2) is 8.10. The number of likely N-dealkylation sites (tertiary alicyclic amines) is 1. The van der Waals surface area contributed by atoms with E-state index in [0.29, 0.717) is 11.9 Å². The number of benzene rings is 1. The molecule has 5 rings (SSSR count). The molecule has 1 aromatic heterocycles. The van der Waals surface area contributed by atoms with Crippen molar-refractivity contribution < 1.29 is 9.21 Å². The van der Waals surface area contributed by atoms with Gasteiger partial charge in [0, 0.05) is 44.0 Å². The molecular formula is C26H30N4O2. The molecule has 0 saturated carbocycles. The Morgan fingerprint density at radius 1 is 1.19 bits per heavy atom. The summed E-state index contributed by atoms with van der Waals surface area (Å²) in [5.74, 6) is 0.849. The third kappa shape index (κ3) is 3.79. The minimum Gasteiger partial charge on any atom is -0.441 e. The Morgan fingerprint density at radius 3 is 2.78 bits per heavy atom. The lowest BCUT2D eigenvalue weighted by molar-refractivity contribution is -0.122.